The van der Waals surface area contributed by atoms with E-state index in [4.69, 9.17) is 0 Å². The van der Waals surface area contributed by atoms with Gasteiger partial charge in [0, 0.05) is 14.2 Å². The summed E-state index contributed by atoms with van der Waals surface area (Å²) in [5.41, 5.74) is 0. The molecule has 0 atom stereocenters. The number of esters is 1. The third-order valence-electron chi connectivity index (χ3n) is 1.15. The molecule has 0 aliphatic heterocycles. The third-order valence-corrected chi connectivity index (χ3v) is 1.15. The van der Waals surface area contributed by atoms with Crippen molar-refractivity contribution in [3.05, 3.63) is 0 Å². The minimum absolute atomic E-state index is 0.976. The molecule has 0 aromatic heterocycles. The Hall–Kier alpha value is -1.14. The van der Waals surface area contributed by atoms with Gasteiger partial charge < -0.3 is 18.9 Å². The van der Waals surface area contributed by atoms with Gasteiger partial charge in [-0.2, -0.15) is 0 Å². The average Bonchev–Trinajstić information content (AvgIpc) is 2.13. The van der Waals surface area contributed by atoms with Crippen LogP contribution < -0.4 is 0 Å². The quantitative estimate of drug-likeness (QED) is 0.404. The molecule has 0 unspecified atom stereocenters. The number of hydrogen-bond donors (Lipinski definition) is 0. The molecule has 0 spiro atoms. The summed E-state index contributed by atoms with van der Waals surface area (Å²) in [6.07, 6.45) is 0. The van der Waals surface area contributed by atoms with Crippen LogP contribution >= 0.6 is 0 Å². The summed E-state index contributed by atoms with van der Waals surface area (Å²) in [5.74, 6) is -3.12. The zero-order valence-electron chi connectivity index (χ0n) is 6.95. The fourth-order valence-electron chi connectivity index (χ4n) is 0.555. The first-order valence-corrected chi connectivity index (χ1v) is 2.90. The molecule has 0 saturated heterocycles. The van der Waals surface area contributed by atoms with Crippen molar-refractivity contribution in [3.8, 4) is 0 Å². The summed E-state index contributed by atoms with van der Waals surface area (Å²) in [6.45, 7) is 1.02. The topological polar surface area (TPSA) is 71.1 Å². The SMILES string of the molecule is COC(=O)C(OC)(OC)O[C]=O. The molecule has 0 aromatic rings. The Morgan fingerprint density at radius 3 is 2.00 bits per heavy atom. The predicted molar refractivity (Wildman–Crippen MR) is 35.5 cm³/mol. The molecule has 0 aromatic carbocycles. The van der Waals surface area contributed by atoms with Crippen molar-refractivity contribution in [1.29, 1.82) is 0 Å². The minimum Gasteiger partial charge on any atom is -0.462 e. The van der Waals surface area contributed by atoms with E-state index in [0.717, 1.165) is 27.8 Å². The molecule has 1 radical (unpaired) electrons. The smallest absolute Gasteiger partial charge is 0.434 e. The van der Waals surface area contributed by atoms with Crippen LogP contribution in [-0.4, -0.2) is 39.7 Å². The zero-order valence-corrected chi connectivity index (χ0v) is 6.95. The Morgan fingerprint density at radius 2 is 1.75 bits per heavy atom. The molecule has 0 N–H and O–H groups in total. The first kappa shape index (κ1) is 10.9. The van der Waals surface area contributed by atoms with E-state index in [-0.39, 0.29) is 0 Å². The highest BCUT2D eigenvalue weighted by molar-refractivity contribution is 5.77. The summed E-state index contributed by atoms with van der Waals surface area (Å²) >= 11 is 0. The summed E-state index contributed by atoms with van der Waals surface area (Å²) in [4.78, 5) is 20.8. The number of rotatable bonds is 5. The minimum atomic E-state index is -2.14. The highest BCUT2D eigenvalue weighted by atomic mass is 16.9. The van der Waals surface area contributed by atoms with Crippen molar-refractivity contribution in [2.75, 3.05) is 21.3 Å². The fourth-order valence-corrected chi connectivity index (χ4v) is 0.555. The van der Waals surface area contributed by atoms with Gasteiger partial charge in [0.1, 0.15) is 0 Å². The van der Waals surface area contributed by atoms with E-state index in [9.17, 15) is 9.59 Å². The molecular weight excluding hydrogens is 168 g/mol. The number of ether oxygens (including phenoxy) is 4. The molecule has 0 saturated carbocycles. The number of carbonyl (C=O) groups is 1. The second kappa shape index (κ2) is 4.68. The molecule has 0 aliphatic carbocycles. The second-order valence-electron chi connectivity index (χ2n) is 1.64. The van der Waals surface area contributed by atoms with Gasteiger partial charge in [-0.1, -0.05) is 0 Å². The highest BCUT2D eigenvalue weighted by Crippen LogP contribution is 2.13. The van der Waals surface area contributed by atoms with E-state index < -0.39 is 11.9 Å². The van der Waals surface area contributed by atoms with Crippen LogP contribution in [0, 0.1) is 0 Å². The largest absolute Gasteiger partial charge is 0.462 e. The van der Waals surface area contributed by atoms with Gasteiger partial charge in [-0.3, -0.25) is 0 Å². The fraction of sp³-hybridized carbons (Fsp3) is 0.667. The van der Waals surface area contributed by atoms with Crippen LogP contribution in [0.3, 0.4) is 0 Å². The first-order valence-electron chi connectivity index (χ1n) is 2.90. The Labute approximate surface area is 69.3 Å². The predicted octanol–water partition coefficient (Wildman–Crippen LogP) is -0.810. The standard InChI is InChI=1S/C6H9O6/c1-9-5(8)6(10-2,11-3)12-4-7/h1-3H3. The molecule has 0 heterocycles. The van der Waals surface area contributed by atoms with E-state index in [1.807, 2.05) is 0 Å². The van der Waals surface area contributed by atoms with Gasteiger partial charge in [0.2, 0.25) is 0 Å². The van der Waals surface area contributed by atoms with Crippen LogP contribution in [0.5, 0.6) is 0 Å². The van der Waals surface area contributed by atoms with Gasteiger partial charge in [-0.15, -0.1) is 0 Å². The number of carbonyl (C=O) groups excluding carboxylic acids is 2. The van der Waals surface area contributed by atoms with Crippen molar-refractivity contribution in [2.24, 2.45) is 0 Å². The molecular formula is C6H9O6. The molecule has 12 heavy (non-hydrogen) atoms. The monoisotopic (exact) mass is 177 g/mol. The third kappa shape index (κ3) is 1.93. The average molecular weight is 177 g/mol. The summed E-state index contributed by atoms with van der Waals surface area (Å²) in [5, 5.41) is 0. The van der Waals surface area contributed by atoms with E-state index in [1.165, 1.54) is 0 Å². The Morgan fingerprint density at radius 1 is 1.25 bits per heavy atom. The molecule has 0 aliphatic rings. The Bertz CT molecular complexity index is 161. The normalized spacial score (nSPS) is 10.6. The van der Waals surface area contributed by atoms with Crippen LogP contribution in [0.15, 0.2) is 0 Å². The Balaban J connectivity index is 4.55. The molecule has 6 heteroatoms. The lowest BCUT2D eigenvalue weighted by Gasteiger charge is -2.23. The van der Waals surface area contributed by atoms with Gasteiger partial charge in [0.05, 0.1) is 7.11 Å². The van der Waals surface area contributed by atoms with Crippen molar-refractivity contribution in [1.82, 2.24) is 0 Å². The van der Waals surface area contributed by atoms with E-state index >= 15 is 0 Å². The Kier molecular flexibility index (Phi) is 4.24. The molecule has 6 nitrogen and oxygen atoms in total. The molecule has 0 bridgehead atoms. The van der Waals surface area contributed by atoms with Crippen LogP contribution in [0.25, 0.3) is 0 Å². The second-order valence-corrected chi connectivity index (χ2v) is 1.64. The van der Waals surface area contributed by atoms with Gasteiger partial charge in [-0.05, 0) is 0 Å². The maximum atomic E-state index is 10.9. The molecule has 0 amide bonds. The first-order chi connectivity index (χ1) is 5.66. The van der Waals surface area contributed by atoms with E-state index in [2.05, 4.69) is 18.9 Å². The van der Waals surface area contributed by atoms with Gasteiger partial charge in [0.25, 0.3) is 0 Å². The van der Waals surface area contributed by atoms with Crippen LogP contribution in [0.1, 0.15) is 0 Å². The van der Waals surface area contributed by atoms with E-state index in [1.54, 1.807) is 0 Å². The van der Waals surface area contributed by atoms with Crippen LogP contribution in [-0.2, 0) is 28.5 Å². The lowest BCUT2D eigenvalue weighted by molar-refractivity contribution is -0.317. The molecule has 0 rings (SSSR count). The summed E-state index contributed by atoms with van der Waals surface area (Å²) in [6, 6.07) is 0. The van der Waals surface area contributed by atoms with Crippen molar-refractivity contribution in [2.45, 2.75) is 5.97 Å². The molecule has 69 valence electrons. The lowest BCUT2D eigenvalue weighted by atomic mass is 10.5. The number of methoxy groups -OCH3 is 3. The summed E-state index contributed by atoms with van der Waals surface area (Å²) < 4.78 is 17.4. The summed E-state index contributed by atoms with van der Waals surface area (Å²) in [7, 11) is 3.35. The van der Waals surface area contributed by atoms with Crippen molar-refractivity contribution >= 4 is 12.4 Å². The maximum absolute atomic E-state index is 10.9. The van der Waals surface area contributed by atoms with Gasteiger partial charge in [0.15, 0.2) is 0 Å². The van der Waals surface area contributed by atoms with Crippen LogP contribution in [0.2, 0.25) is 0 Å². The van der Waals surface area contributed by atoms with Gasteiger partial charge in [-0.25, -0.2) is 9.59 Å². The van der Waals surface area contributed by atoms with Crippen molar-refractivity contribution < 1.29 is 28.5 Å². The van der Waals surface area contributed by atoms with Crippen molar-refractivity contribution in [3.63, 3.8) is 0 Å². The zero-order chi connectivity index (χ0) is 9.61. The highest BCUT2D eigenvalue weighted by Gasteiger charge is 2.44. The van der Waals surface area contributed by atoms with E-state index in [0.29, 0.717) is 0 Å². The van der Waals surface area contributed by atoms with Gasteiger partial charge >= 0.3 is 18.4 Å². The number of hydrogen-bond acceptors (Lipinski definition) is 6. The lowest BCUT2D eigenvalue weighted by Crippen LogP contribution is -2.46. The van der Waals surface area contributed by atoms with Crippen LogP contribution in [0.4, 0.5) is 0 Å². The maximum Gasteiger partial charge on any atom is 0.434 e. The molecule has 0 fully saturated rings.